The average Bonchev–Trinajstić information content (AvgIpc) is 2.20. The number of pyridine rings is 1. The summed E-state index contributed by atoms with van der Waals surface area (Å²) in [6.45, 7) is 0. The molecular weight excluding hydrogens is 280 g/mol. The Kier molecular flexibility index (Phi) is 2.86. The lowest BCUT2D eigenvalue weighted by atomic mass is 10.2. The van der Waals surface area contributed by atoms with Gasteiger partial charge in [0.15, 0.2) is 0 Å². The van der Waals surface area contributed by atoms with E-state index in [2.05, 4.69) is 4.98 Å². The topological polar surface area (TPSA) is 32.9 Å². The summed E-state index contributed by atoms with van der Waals surface area (Å²) in [6.07, 6.45) is 1.38. The molecule has 1 aromatic heterocycles. The zero-order chi connectivity index (χ0) is 11.2. The summed E-state index contributed by atoms with van der Waals surface area (Å²) in [5.41, 5.74) is 0.137. The molecule has 78 valence electrons. The summed E-state index contributed by atoms with van der Waals surface area (Å²) in [7, 11) is 0. The molecule has 0 unspecified atom stereocenters. The lowest BCUT2D eigenvalue weighted by Crippen LogP contribution is -2.04. The largest absolute Gasteiger partial charge is 0.359 e. The molecule has 2 rings (SSSR count). The Morgan fingerprint density at radius 1 is 1.00 bits per heavy atom. The zero-order valence-corrected chi connectivity index (χ0v) is 10.1. The van der Waals surface area contributed by atoms with E-state index >= 15 is 0 Å². The molecule has 1 heterocycles. The van der Waals surface area contributed by atoms with Crippen LogP contribution in [0.15, 0.2) is 17.1 Å². The lowest BCUT2D eigenvalue weighted by molar-refractivity contribution is 1.39. The molecule has 0 saturated heterocycles. The Hall–Kier alpha value is -0.410. The standard InChI is InChI=1S/C9H3Cl4NO/c10-3-1-5-6(8(13)7(3)12)9(15)4(11)2-14-5/h1-2H,(H,14,15). The van der Waals surface area contributed by atoms with Crippen molar-refractivity contribution in [2.45, 2.75) is 0 Å². The molecule has 0 aliphatic heterocycles. The lowest BCUT2D eigenvalue weighted by Gasteiger charge is -2.04. The van der Waals surface area contributed by atoms with Crippen LogP contribution < -0.4 is 5.43 Å². The fourth-order valence-electron chi connectivity index (χ4n) is 1.26. The summed E-state index contributed by atoms with van der Waals surface area (Å²) >= 11 is 23.2. The van der Waals surface area contributed by atoms with E-state index in [0.717, 1.165) is 0 Å². The summed E-state index contributed by atoms with van der Waals surface area (Å²) in [4.78, 5) is 14.5. The predicted molar refractivity (Wildman–Crippen MR) is 64.6 cm³/mol. The van der Waals surface area contributed by atoms with E-state index in [-0.39, 0.29) is 30.9 Å². The minimum atomic E-state index is -0.367. The number of rotatable bonds is 0. The van der Waals surface area contributed by atoms with Gasteiger partial charge in [-0.15, -0.1) is 0 Å². The molecule has 0 saturated carbocycles. The average molecular weight is 283 g/mol. The van der Waals surface area contributed by atoms with Crippen molar-refractivity contribution in [3.63, 3.8) is 0 Å². The van der Waals surface area contributed by atoms with Gasteiger partial charge in [-0.3, -0.25) is 4.79 Å². The van der Waals surface area contributed by atoms with Crippen LogP contribution in [0.5, 0.6) is 0 Å². The Balaban J connectivity index is 3.07. The fourth-order valence-corrected chi connectivity index (χ4v) is 2.10. The second-order valence-corrected chi connectivity index (χ2v) is 4.44. The van der Waals surface area contributed by atoms with Gasteiger partial charge in [-0.05, 0) is 6.07 Å². The SMILES string of the molecule is O=c1c(Cl)c[nH]c2cc(Cl)c(Cl)c(Cl)c12. The number of nitrogens with one attached hydrogen (secondary N) is 1. The summed E-state index contributed by atoms with van der Waals surface area (Å²) < 4.78 is 0. The molecule has 0 spiro atoms. The van der Waals surface area contributed by atoms with E-state index in [1.54, 1.807) is 0 Å². The van der Waals surface area contributed by atoms with Crippen molar-refractivity contribution in [3.8, 4) is 0 Å². The molecule has 0 aliphatic rings. The third-order valence-electron chi connectivity index (χ3n) is 1.96. The molecule has 0 amide bonds. The molecule has 0 atom stereocenters. The number of aromatic amines is 1. The minimum Gasteiger partial charge on any atom is -0.359 e. The van der Waals surface area contributed by atoms with Crippen molar-refractivity contribution in [1.29, 1.82) is 0 Å². The van der Waals surface area contributed by atoms with Crippen molar-refractivity contribution in [3.05, 3.63) is 42.6 Å². The predicted octanol–water partition coefficient (Wildman–Crippen LogP) is 4.14. The first-order valence-corrected chi connectivity index (χ1v) is 5.38. The highest BCUT2D eigenvalue weighted by Crippen LogP contribution is 2.34. The molecule has 2 aromatic rings. The van der Waals surface area contributed by atoms with Gasteiger partial charge >= 0.3 is 0 Å². The first kappa shape index (κ1) is 11.1. The first-order chi connectivity index (χ1) is 7.02. The van der Waals surface area contributed by atoms with Gasteiger partial charge in [-0.25, -0.2) is 0 Å². The summed E-state index contributed by atoms with van der Waals surface area (Å²) in [5.74, 6) is 0. The smallest absolute Gasteiger partial charge is 0.209 e. The van der Waals surface area contributed by atoms with Gasteiger partial charge in [0, 0.05) is 6.20 Å². The zero-order valence-electron chi connectivity index (χ0n) is 7.07. The van der Waals surface area contributed by atoms with Crippen molar-refractivity contribution in [2.75, 3.05) is 0 Å². The van der Waals surface area contributed by atoms with Gasteiger partial charge in [-0.2, -0.15) is 0 Å². The van der Waals surface area contributed by atoms with E-state index in [0.29, 0.717) is 5.52 Å². The van der Waals surface area contributed by atoms with Crippen LogP contribution in [-0.4, -0.2) is 4.98 Å². The molecule has 15 heavy (non-hydrogen) atoms. The number of hydrogen-bond donors (Lipinski definition) is 1. The quantitative estimate of drug-likeness (QED) is 0.724. The van der Waals surface area contributed by atoms with Gasteiger partial charge < -0.3 is 4.98 Å². The number of halogens is 4. The number of aromatic nitrogens is 1. The van der Waals surface area contributed by atoms with Crippen LogP contribution in [0.1, 0.15) is 0 Å². The van der Waals surface area contributed by atoms with Gasteiger partial charge in [0.25, 0.3) is 0 Å². The fraction of sp³-hybridized carbons (Fsp3) is 0. The maximum Gasteiger partial charge on any atom is 0.209 e. The molecular formula is C9H3Cl4NO. The van der Waals surface area contributed by atoms with Crippen molar-refractivity contribution in [1.82, 2.24) is 4.98 Å². The van der Waals surface area contributed by atoms with Crippen LogP contribution in [0.4, 0.5) is 0 Å². The van der Waals surface area contributed by atoms with E-state index in [1.807, 2.05) is 0 Å². The third kappa shape index (κ3) is 1.72. The molecule has 1 N–H and O–H groups in total. The number of benzene rings is 1. The Morgan fingerprint density at radius 2 is 1.67 bits per heavy atom. The van der Waals surface area contributed by atoms with Crippen LogP contribution in [0, 0.1) is 0 Å². The second-order valence-electron chi connectivity index (χ2n) is 2.87. The molecule has 0 fully saturated rings. The molecule has 2 nitrogen and oxygen atoms in total. The van der Waals surface area contributed by atoms with E-state index in [4.69, 9.17) is 46.4 Å². The summed E-state index contributed by atoms with van der Waals surface area (Å²) in [5, 5.41) is 0.856. The van der Waals surface area contributed by atoms with Crippen LogP contribution >= 0.6 is 46.4 Å². The monoisotopic (exact) mass is 281 g/mol. The van der Waals surface area contributed by atoms with Gasteiger partial charge in [0.1, 0.15) is 5.02 Å². The third-order valence-corrected chi connectivity index (χ3v) is 3.50. The number of H-pyrrole nitrogens is 1. The molecule has 0 radical (unpaired) electrons. The van der Waals surface area contributed by atoms with Crippen molar-refractivity contribution < 1.29 is 0 Å². The highest BCUT2D eigenvalue weighted by molar-refractivity contribution is 6.50. The molecule has 0 aliphatic carbocycles. The Morgan fingerprint density at radius 3 is 2.33 bits per heavy atom. The summed E-state index contributed by atoms with van der Waals surface area (Å²) in [6, 6.07) is 1.53. The Bertz CT molecular complexity index is 605. The van der Waals surface area contributed by atoms with Gasteiger partial charge in [0.05, 0.1) is 26.0 Å². The van der Waals surface area contributed by atoms with Crippen molar-refractivity contribution in [2.24, 2.45) is 0 Å². The van der Waals surface area contributed by atoms with E-state index in [9.17, 15) is 4.79 Å². The van der Waals surface area contributed by atoms with Crippen LogP contribution in [-0.2, 0) is 0 Å². The number of fused-ring (bicyclic) bond motifs is 1. The first-order valence-electron chi connectivity index (χ1n) is 3.86. The Labute approximate surface area is 105 Å². The van der Waals surface area contributed by atoms with Crippen molar-refractivity contribution >= 4 is 57.3 Å². The maximum atomic E-state index is 11.7. The second kappa shape index (κ2) is 3.87. The number of hydrogen-bond acceptors (Lipinski definition) is 1. The minimum absolute atomic E-state index is 0.0581. The molecule has 1 aromatic carbocycles. The van der Waals surface area contributed by atoms with Gasteiger partial charge in [0.2, 0.25) is 5.43 Å². The van der Waals surface area contributed by atoms with Crippen LogP contribution in [0.25, 0.3) is 10.9 Å². The molecule has 0 bridgehead atoms. The van der Waals surface area contributed by atoms with E-state index in [1.165, 1.54) is 12.3 Å². The normalized spacial score (nSPS) is 10.9. The highest BCUT2D eigenvalue weighted by Gasteiger charge is 2.13. The van der Waals surface area contributed by atoms with Gasteiger partial charge in [-0.1, -0.05) is 46.4 Å². The highest BCUT2D eigenvalue weighted by atomic mass is 35.5. The van der Waals surface area contributed by atoms with E-state index < -0.39 is 0 Å². The molecule has 6 heteroatoms. The van der Waals surface area contributed by atoms with Crippen LogP contribution in [0.2, 0.25) is 20.1 Å². The van der Waals surface area contributed by atoms with Crippen LogP contribution in [0.3, 0.4) is 0 Å². The maximum absolute atomic E-state index is 11.7.